The highest BCUT2D eigenvalue weighted by Gasteiger charge is 2.60. The molecule has 2 heteroatoms. The molecule has 4 saturated carbocycles. The molecule has 2 N–H and O–H groups in total. The first-order chi connectivity index (χ1) is 13.5. The molecule has 29 heavy (non-hydrogen) atoms. The van der Waals surface area contributed by atoms with Crippen molar-refractivity contribution in [1.82, 2.24) is 0 Å². The van der Waals surface area contributed by atoms with Crippen molar-refractivity contribution in [3.8, 4) is 0 Å². The van der Waals surface area contributed by atoms with Crippen LogP contribution in [0, 0.1) is 46.3 Å². The SMILES string of the molecule is C[C@H](CCCC(C)(C)O)[C@H]1CC[C@H]2C3CC[C@H]4C[C@@H](O)CC[C@]4(C)[C@H]3CC[C@]12C. The molecule has 9 atom stereocenters. The highest BCUT2D eigenvalue weighted by Crippen LogP contribution is 2.68. The molecule has 2 nitrogen and oxygen atoms in total. The van der Waals surface area contributed by atoms with Gasteiger partial charge in [0.2, 0.25) is 0 Å². The topological polar surface area (TPSA) is 40.5 Å². The number of hydrogen-bond donors (Lipinski definition) is 2. The highest BCUT2D eigenvalue weighted by atomic mass is 16.3. The van der Waals surface area contributed by atoms with Crippen LogP contribution in [0.4, 0.5) is 0 Å². The van der Waals surface area contributed by atoms with Crippen LogP contribution in [0.3, 0.4) is 0 Å². The van der Waals surface area contributed by atoms with Gasteiger partial charge in [0.1, 0.15) is 0 Å². The Balaban J connectivity index is 1.44. The van der Waals surface area contributed by atoms with E-state index in [0.29, 0.717) is 10.8 Å². The predicted octanol–water partition coefficient (Wildman–Crippen LogP) is 6.58. The van der Waals surface area contributed by atoms with Crippen LogP contribution in [-0.2, 0) is 0 Å². The Morgan fingerprint density at radius 2 is 1.62 bits per heavy atom. The quantitative estimate of drug-likeness (QED) is 0.543. The molecule has 168 valence electrons. The Kier molecular flexibility index (Phi) is 5.95. The summed E-state index contributed by atoms with van der Waals surface area (Å²) in [6.45, 7) is 11.7. The normalized spacial score (nSPS) is 48.5. The zero-order valence-electron chi connectivity index (χ0n) is 19.9. The second-order valence-corrected chi connectivity index (χ2v) is 13.0. The summed E-state index contributed by atoms with van der Waals surface area (Å²) >= 11 is 0. The maximum absolute atomic E-state index is 10.3. The fraction of sp³-hybridized carbons (Fsp3) is 1.00. The van der Waals surface area contributed by atoms with Gasteiger partial charge < -0.3 is 10.2 Å². The van der Waals surface area contributed by atoms with Crippen LogP contribution in [-0.4, -0.2) is 21.9 Å². The number of aliphatic hydroxyl groups is 2. The Hall–Kier alpha value is -0.0800. The maximum atomic E-state index is 10.3. The molecule has 0 amide bonds. The van der Waals surface area contributed by atoms with Gasteiger partial charge in [-0.25, -0.2) is 0 Å². The van der Waals surface area contributed by atoms with E-state index in [1.165, 1.54) is 51.4 Å². The number of rotatable bonds is 5. The van der Waals surface area contributed by atoms with E-state index >= 15 is 0 Å². The van der Waals surface area contributed by atoms with E-state index in [1.54, 1.807) is 0 Å². The Bertz CT molecular complexity index is 580. The van der Waals surface area contributed by atoms with E-state index in [2.05, 4.69) is 20.8 Å². The lowest BCUT2D eigenvalue weighted by Crippen LogP contribution is -2.54. The minimum atomic E-state index is -0.512. The van der Waals surface area contributed by atoms with Crippen LogP contribution in [0.25, 0.3) is 0 Å². The second-order valence-electron chi connectivity index (χ2n) is 13.0. The fourth-order valence-electron chi connectivity index (χ4n) is 9.27. The molecule has 4 fully saturated rings. The molecule has 4 aliphatic rings. The number of fused-ring (bicyclic) bond motifs is 5. The summed E-state index contributed by atoms with van der Waals surface area (Å²) in [6.07, 6.45) is 15.3. The molecule has 0 heterocycles. The summed E-state index contributed by atoms with van der Waals surface area (Å²) in [4.78, 5) is 0. The lowest BCUT2D eigenvalue weighted by Gasteiger charge is -2.61. The zero-order valence-corrected chi connectivity index (χ0v) is 19.9. The van der Waals surface area contributed by atoms with Gasteiger partial charge in [0.25, 0.3) is 0 Å². The van der Waals surface area contributed by atoms with E-state index in [1.807, 2.05) is 13.8 Å². The zero-order chi connectivity index (χ0) is 21.0. The Morgan fingerprint density at radius 3 is 2.34 bits per heavy atom. The average Bonchev–Trinajstić information content (AvgIpc) is 2.98. The monoisotopic (exact) mass is 404 g/mol. The Labute approximate surface area is 180 Å². The third-order valence-electron chi connectivity index (χ3n) is 10.8. The van der Waals surface area contributed by atoms with Crippen molar-refractivity contribution < 1.29 is 10.2 Å². The molecule has 0 spiro atoms. The van der Waals surface area contributed by atoms with Gasteiger partial charge in [-0.1, -0.05) is 33.6 Å². The van der Waals surface area contributed by atoms with Gasteiger partial charge in [-0.05, 0) is 124 Å². The fourth-order valence-corrected chi connectivity index (χ4v) is 9.27. The maximum Gasteiger partial charge on any atom is 0.0591 e. The summed E-state index contributed by atoms with van der Waals surface area (Å²) in [7, 11) is 0. The van der Waals surface area contributed by atoms with Gasteiger partial charge in [-0.15, -0.1) is 0 Å². The van der Waals surface area contributed by atoms with Gasteiger partial charge in [-0.3, -0.25) is 0 Å². The van der Waals surface area contributed by atoms with E-state index in [-0.39, 0.29) is 6.10 Å². The van der Waals surface area contributed by atoms with Crippen molar-refractivity contribution >= 4 is 0 Å². The van der Waals surface area contributed by atoms with Gasteiger partial charge in [0, 0.05) is 0 Å². The first kappa shape index (κ1) is 22.1. The first-order valence-electron chi connectivity index (χ1n) is 12.9. The molecule has 0 saturated heterocycles. The molecular formula is C27H48O2. The van der Waals surface area contributed by atoms with Crippen LogP contribution in [0.1, 0.15) is 112 Å². The van der Waals surface area contributed by atoms with E-state index < -0.39 is 5.60 Å². The summed E-state index contributed by atoms with van der Waals surface area (Å²) < 4.78 is 0. The van der Waals surface area contributed by atoms with Crippen LogP contribution < -0.4 is 0 Å². The van der Waals surface area contributed by atoms with Crippen molar-refractivity contribution in [2.75, 3.05) is 0 Å². The summed E-state index contributed by atoms with van der Waals surface area (Å²) in [6, 6.07) is 0. The predicted molar refractivity (Wildman–Crippen MR) is 121 cm³/mol. The highest BCUT2D eigenvalue weighted by molar-refractivity contribution is 5.09. The molecule has 0 radical (unpaired) electrons. The third kappa shape index (κ3) is 3.95. The molecule has 0 aliphatic heterocycles. The molecule has 0 aromatic rings. The molecule has 0 aromatic heterocycles. The molecule has 0 aromatic carbocycles. The van der Waals surface area contributed by atoms with E-state index in [4.69, 9.17) is 0 Å². The van der Waals surface area contributed by atoms with Crippen molar-refractivity contribution in [3.63, 3.8) is 0 Å². The minimum absolute atomic E-state index is 0.0286. The van der Waals surface area contributed by atoms with Gasteiger partial charge in [-0.2, -0.15) is 0 Å². The molecule has 4 rings (SSSR count). The lowest BCUT2D eigenvalue weighted by atomic mass is 9.44. The van der Waals surface area contributed by atoms with Crippen molar-refractivity contribution in [1.29, 1.82) is 0 Å². The average molecular weight is 405 g/mol. The van der Waals surface area contributed by atoms with E-state index in [0.717, 1.165) is 61.2 Å². The molecule has 1 unspecified atom stereocenters. The lowest BCUT2D eigenvalue weighted by molar-refractivity contribution is -0.129. The minimum Gasteiger partial charge on any atom is -0.393 e. The third-order valence-corrected chi connectivity index (χ3v) is 10.8. The van der Waals surface area contributed by atoms with Crippen LogP contribution >= 0.6 is 0 Å². The summed E-state index contributed by atoms with van der Waals surface area (Å²) in [5, 5.41) is 20.3. The summed E-state index contributed by atoms with van der Waals surface area (Å²) in [5.74, 6) is 5.24. The van der Waals surface area contributed by atoms with Gasteiger partial charge >= 0.3 is 0 Å². The number of aliphatic hydroxyl groups excluding tert-OH is 1. The molecule has 4 aliphatic carbocycles. The van der Waals surface area contributed by atoms with Gasteiger partial charge in [0.05, 0.1) is 11.7 Å². The number of hydrogen-bond acceptors (Lipinski definition) is 2. The largest absolute Gasteiger partial charge is 0.393 e. The van der Waals surface area contributed by atoms with Crippen LogP contribution in [0.2, 0.25) is 0 Å². The molecular weight excluding hydrogens is 356 g/mol. The van der Waals surface area contributed by atoms with Crippen molar-refractivity contribution in [2.45, 2.75) is 123 Å². The smallest absolute Gasteiger partial charge is 0.0591 e. The van der Waals surface area contributed by atoms with Crippen molar-refractivity contribution in [2.24, 2.45) is 46.3 Å². The first-order valence-corrected chi connectivity index (χ1v) is 12.9. The van der Waals surface area contributed by atoms with Crippen LogP contribution in [0.5, 0.6) is 0 Å². The standard InChI is InChI=1S/C27H48O2/c1-18(7-6-14-25(2,3)29)22-10-11-23-21-9-8-19-17-20(28)12-15-26(19,4)24(21)13-16-27(22,23)5/h18-24,28-29H,6-17H2,1-5H3/t18-,19+,20+,21?,22-,23+,24+,26+,27-/m1/s1. The summed E-state index contributed by atoms with van der Waals surface area (Å²) in [5.41, 5.74) is 0.536. The van der Waals surface area contributed by atoms with E-state index in [9.17, 15) is 10.2 Å². The van der Waals surface area contributed by atoms with Crippen LogP contribution in [0.15, 0.2) is 0 Å². The Morgan fingerprint density at radius 1 is 0.931 bits per heavy atom. The van der Waals surface area contributed by atoms with Gasteiger partial charge in [0.15, 0.2) is 0 Å². The van der Waals surface area contributed by atoms with Crippen molar-refractivity contribution in [3.05, 3.63) is 0 Å². The second kappa shape index (κ2) is 7.80. The molecule has 0 bridgehead atoms.